The molecule has 0 saturated heterocycles. The SMILES string of the molecule is Cc1ccccc1[C@H](C)NCc1cc(Cl)cc(Cl)c1O. The lowest BCUT2D eigenvalue weighted by Crippen LogP contribution is -2.19. The molecule has 0 spiro atoms. The smallest absolute Gasteiger partial charge is 0.138 e. The molecule has 2 aromatic rings. The van der Waals surface area contributed by atoms with Gasteiger partial charge in [-0.05, 0) is 37.1 Å². The minimum absolute atomic E-state index is 0.0838. The van der Waals surface area contributed by atoms with Crippen molar-refractivity contribution in [3.63, 3.8) is 0 Å². The Morgan fingerprint density at radius 3 is 2.60 bits per heavy atom. The molecule has 0 radical (unpaired) electrons. The summed E-state index contributed by atoms with van der Waals surface area (Å²) in [5.74, 6) is 0.0838. The summed E-state index contributed by atoms with van der Waals surface area (Å²) >= 11 is 11.9. The Hall–Kier alpha value is -1.22. The van der Waals surface area contributed by atoms with Crippen LogP contribution < -0.4 is 5.32 Å². The molecule has 0 aromatic heterocycles. The van der Waals surface area contributed by atoms with Gasteiger partial charge < -0.3 is 10.4 Å². The van der Waals surface area contributed by atoms with Gasteiger partial charge in [0.1, 0.15) is 5.75 Å². The third kappa shape index (κ3) is 3.45. The highest BCUT2D eigenvalue weighted by atomic mass is 35.5. The van der Waals surface area contributed by atoms with E-state index in [1.807, 2.05) is 12.1 Å². The normalized spacial score (nSPS) is 12.4. The van der Waals surface area contributed by atoms with Crippen molar-refractivity contribution in [2.24, 2.45) is 0 Å². The van der Waals surface area contributed by atoms with Crippen LogP contribution in [-0.4, -0.2) is 5.11 Å². The lowest BCUT2D eigenvalue weighted by atomic mass is 10.0. The number of aromatic hydroxyl groups is 1. The molecular weight excluding hydrogens is 293 g/mol. The molecule has 0 aliphatic rings. The maximum Gasteiger partial charge on any atom is 0.138 e. The predicted octanol–water partition coefficient (Wildman–Crippen LogP) is 4.86. The van der Waals surface area contributed by atoms with Gasteiger partial charge >= 0.3 is 0 Å². The van der Waals surface area contributed by atoms with Gasteiger partial charge in [-0.1, -0.05) is 47.5 Å². The van der Waals surface area contributed by atoms with Crippen LogP contribution in [0.25, 0.3) is 0 Å². The molecule has 1 atom stereocenters. The zero-order valence-electron chi connectivity index (χ0n) is 11.5. The highest BCUT2D eigenvalue weighted by molar-refractivity contribution is 6.35. The zero-order valence-corrected chi connectivity index (χ0v) is 13.0. The minimum Gasteiger partial charge on any atom is -0.506 e. The summed E-state index contributed by atoms with van der Waals surface area (Å²) in [4.78, 5) is 0. The zero-order chi connectivity index (χ0) is 14.7. The van der Waals surface area contributed by atoms with Gasteiger partial charge in [-0.3, -0.25) is 0 Å². The van der Waals surface area contributed by atoms with E-state index in [0.29, 0.717) is 17.1 Å². The summed E-state index contributed by atoms with van der Waals surface area (Å²) in [5, 5.41) is 14.1. The third-order valence-corrected chi connectivity index (χ3v) is 3.87. The van der Waals surface area contributed by atoms with E-state index in [2.05, 4.69) is 31.3 Å². The quantitative estimate of drug-likeness (QED) is 0.845. The summed E-state index contributed by atoms with van der Waals surface area (Å²) in [6.07, 6.45) is 0. The van der Waals surface area contributed by atoms with Gasteiger partial charge in [0.15, 0.2) is 0 Å². The van der Waals surface area contributed by atoms with Gasteiger partial charge in [-0.25, -0.2) is 0 Å². The van der Waals surface area contributed by atoms with Gasteiger partial charge in [0.05, 0.1) is 5.02 Å². The maximum absolute atomic E-state index is 9.93. The van der Waals surface area contributed by atoms with Crippen molar-refractivity contribution in [2.75, 3.05) is 0 Å². The van der Waals surface area contributed by atoms with Crippen LogP contribution in [0.1, 0.15) is 29.7 Å². The van der Waals surface area contributed by atoms with E-state index in [0.717, 1.165) is 0 Å². The number of phenols is 1. The van der Waals surface area contributed by atoms with Gasteiger partial charge in [0.2, 0.25) is 0 Å². The average molecular weight is 310 g/mol. The van der Waals surface area contributed by atoms with Crippen LogP contribution in [0.2, 0.25) is 10.0 Å². The number of benzene rings is 2. The second-order valence-electron chi connectivity index (χ2n) is 4.85. The highest BCUT2D eigenvalue weighted by Gasteiger charge is 2.11. The number of rotatable bonds is 4. The van der Waals surface area contributed by atoms with E-state index < -0.39 is 0 Å². The molecule has 4 heteroatoms. The van der Waals surface area contributed by atoms with Crippen molar-refractivity contribution >= 4 is 23.2 Å². The van der Waals surface area contributed by atoms with Crippen LogP contribution in [0.4, 0.5) is 0 Å². The molecule has 0 aliphatic heterocycles. The first-order chi connectivity index (χ1) is 9.49. The van der Waals surface area contributed by atoms with E-state index in [9.17, 15) is 5.11 Å². The first-order valence-electron chi connectivity index (χ1n) is 6.45. The van der Waals surface area contributed by atoms with Crippen LogP contribution in [0.15, 0.2) is 36.4 Å². The Bertz CT molecular complexity index is 613. The van der Waals surface area contributed by atoms with Crippen LogP contribution >= 0.6 is 23.2 Å². The van der Waals surface area contributed by atoms with E-state index in [4.69, 9.17) is 23.2 Å². The molecule has 0 saturated carbocycles. The summed E-state index contributed by atoms with van der Waals surface area (Å²) in [7, 11) is 0. The maximum atomic E-state index is 9.93. The van der Waals surface area contributed by atoms with Gasteiger partial charge in [-0.2, -0.15) is 0 Å². The molecule has 0 aliphatic carbocycles. The number of phenolic OH excluding ortho intramolecular Hbond substituents is 1. The van der Waals surface area contributed by atoms with E-state index in [-0.39, 0.29) is 16.8 Å². The monoisotopic (exact) mass is 309 g/mol. The van der Waals surface area contributed by atoms with Gasteiger partial charge in [0.25, 0.3) is 0 Å². The first-order valence-corrected chi connectivity index (χ1v) is 7.20. The summed E-state index contributed by atoms with van der Waals surface area (Å²) < 4.78 is 0. The molecule has 0 amide bonds. The largest absolute Gasteiger partial charge is 0.506 e. The Labute approximate surface area is 129 Å². The van der Waals surface area contributed by atoms with Crippen molar-refractivity contribution in [3.8, 4) is 5.75 Å². The second kappa shape index (κ2) is 6.49. The van der Waals surface area contributed by atoms with Crippen molar-refractivity contribution in [1.82, 2.24) is 5.32 Å². The molecule has 2 aromatic carbocycles. The molecule has 2 rings (SSSR count). The molecule has 0 fully saturated rings. The number of hydrogen-bond donors (Lipinski definition) is 2. The average Bonchev–Trinajstić information content (AvgIpc) is 2.41. The summed E-state index contributed by atoms with van der Waals surface area (Å²) in [6, 6.07) is 11.7. The van der Waals surface area contributed by atoms with Crippen LogP contribution in [0.5, 0.6) is 5.75 Å². The van der Waals surface area contributed by atoms with Crippen LogP contribution in [0.3, 0.4) is 0 Å². The Balaban J connectivity index is 2.11. The van der Waals surface area contributed by atoms with E-state index >= 15 is 0 Å². The van der Waals surface area contributed by atoms with E-state index in [1.54, 1.807) is 6.07 Å². The number of hydrogen-bond acceptors (Lipinski definition) is 2. The lowest BCUT2D eigenvalue weighted by Gasteiger charge is -2.17. The minimum atomic E-state index is 0.0838. The fourth-order valence-corrected chi connectivity index (χ4v) is 2.74. The number of aryl methyl sites for hydroxylation is 1. The predicted molar refractivity (Wildman–Crippen MR) is 84.6 cm³/mol. The third-order valence-electron chi connectivity index (χ3n) is 3.36. The lowest BCUT2D eigenvalue weighted by molar-refractivity contribution is 0.460. The second-order valence-corrected chi connectivity index (χ2v) is 5.70. The molecule has 2 N–H and O–H groups in total. The van der Waals surface area contributed by atoms with Crippen LogP contribution in [-0.2, 0) is 6.54 Å². The van der Waals surface area contributed by atoms with Gasteiger partial charge in [-0.15, -0.1) is 0 Å². The number of halogens is 2. The van der Waals surface area contributed by atoms with E-state index in [1.165, 1.54) is 17.2 Å². The van der Waals surface area contributed by atoms with Crippen molar-refractivity contribution in [1.29, 1.82) is 0 Å². The molecule has 0 heterocycles. The summed E-state index contributed by atoms with van der Waals surface area (Å²) in [6.45, 7) is 4.67. The Morgan fingerprint density at radius 1 is 1.20 bits per heavy atom. The molecule has 0 unspecified atom stereocenters. The topological polar surface area (TPSA) is 32.3 Å². The molecule has 20 heavy (non-hydrogen) atoms. The Kier molecular flexibility index (Phi) is 4.92. The molecule has 106 valence electrons. The molecular formula is C16H17Cl2NO. The van der Waals surface area contributed by atoms with Gasteiger partial charge in [0, 0.05) is 23.2 Å². The number of nitrogens with one attached hydrogen (secondary N) is 1. The van der Waals surface area contributed by atoms with Crippen molar-refractivity contribution < 1.29 is 5.11 Å². The first kappa shape index (κ1) is 15.2. The Morgan fingerprint density at radius 2 is 1.90 bits per heavy atom. The fraction of sp³-hybridized carbons (Fsp3) is 0.250. The molecule has 0 bridgehead atoms. The van der Waals surface area contributed by atoms with Crippen molar-refractivity contribution in [2.45, 2.75) is 26.4 Å². The highest BCUT2D eigenvalue weighted by Crippen LogP contribution is 2.31. The van der Waals surface area contributed by atoms with Crippen LogP contribution in [0, 0.1) is 6.92 Å². The standard InChI is InChI=1S/C16H17Cl2NO/c1-10-5-3-4-6-14(10)11(2)19-9-12-7-13(17)8-15(18)16(12)20/h3-8,11,19-20H,9H2,1-2H3/t11-/m0/s1. The van der Waals surface area contributed by atoms with Crippen molar-refractivity contribution in [3.05, 3.63) is 63.1 Å². The molecule has 2 nitrogen and oxygen atoms in total. The fourth-order valence-electron chi connectivity index (χ4n) is 2.20. The summed E-state index contributed by atoms with van der Waals surface area (Å²) in [5.41, 5.74) is 3.17.